The summed E-state index contributed by atoms with van der Waals surface area (Å²) in [5.41, 5.74) is 5.42. The van der Waals surface area contributed by atoms with Crippen molar-refractivity contribution in [3.63, 3.8) is 0 Å². The van der Waals surface area contributed by atoms with Crippen molar-refractivity contribution in [1.29, 1.82) is 0 Å². The molecule has 0 aliphatic carbocycles. The van der Waals surface area contributed by atoms with Crippen LogP contribution in [0.5, 0.6) is 16.7 Å². The number of carbonyl (C=O) groups is 1. The lowest BCUT2D eigenvalue weighted by atomic mass is 9.99. The third-order valence-corrected chi connectivity index (χ3v) is 6.59. The van der Waals surface area contributed by atoms with Crippen LogP contribution in [-0.2, 0) is 19.4 Å². The average Bonchev–Trinajstić information content (AvgIpc) is 3.31. The maximum atomic E-state index is 13.2. The predicted molar refractivity (Wildman–Crippen MR) is 132 cm³/mol. The molecule has 2 heterocycles. The van der Waals surface area contributed by atoms with Crippen molar-refractivity contribution in [3.05, 3.63) is 100 Å². The van der Waals surface area contributed by atoms with Gasteiger partial charge in [-0.05, 0) is 48.2 Å². The van der Waals surface area contributed by atoms with Crippen molar-refractivity contribution in [1.82, 2.24) is 14.3 Å². The van der Waals surface area contributed by atoms with Gasteiger partial charge >= 0.3 is 0 Å². The zero-order chi connectivity index (χ0) is 23.5. The Kier molecular flexibility index (Phi) is 6.27. The first-order valence-electron chi connectivity index (χ1n) is 11.2. The second-order valence-corrected chi connectivity index (χ2v) is 9.07. The van der Waals surface area contributed by atoms with E-state index in [9.17, 15) is 4.79 Å². The summed E-state index contributed by atoms with van der Waals surface area (Å²) >= 11 is 1.19. The van der Waals surface area contributed by atoms with Gasteiger partial charge in [0.1, 0.15) is 0 Å². The Morgan fingerprint density at radius 2 is 1.82 bits per heavy atom. The minimum Gasteiger partial charge on any atom is -0.493 e. The second-order valence-electron chi connectivity index (χ2n) is 8.35. The van der Waals surface area contributed by atoms with Crippen LogP contribution in [0, 0.1) is 6.92 Å². The van der Waals surface area contributed by atoms with Crippen LogP contribution in [-0.4, -0.2) is 33.8 Å². The van der Waals surface area contributed by atoms with Crippen LogP contribution in [0.15, 0.2) is 66.7 Å². The van der Waals surface area contributed by atoms with E-state index in [0.29, 0.717) is 47.6 Å². The number of hydrogen-bond acceptors (Lipinski definition) is 6. The lowest BCUT2D eigenvalue weighted by Crippen LogP contribution is -2.35. The summed E-state index contributed by atoms with van der Waals surface area (Å²) in [5, 5.41) is 0.414. The number of fused-ring (bicyclic) bond motifs is 1. The van der Waals surface area contributed by atoms with E-state index in [1.807, 2.05) is 17.0 Å². The van der Waals surface area contributed by atoms with Crippen LogP contribution >= 0.6 is 11.5 Å². The molecule has 6 nitrogen and oxygen atoms in total. The summed E-state index contributed by atoms with van der Waals surface area (Å²) < 4.78 is 15.9. The molecule has 34 heavy (non-hydrogen) atoms. The molecule has 4 aromatic rings. The van der Waals surface area contributed by atoms with Gasteiger partial charge in [0.15, 0.2) is 17.3 Å². The standard InChI is InChI=1S/C27H25N3O3S/c1-18-7-9-19(10-8-18)15-25-28-27(34-29-25)33-24-16-21(11-12-23(24)32-2)26(31)30-14-13-20-5-3-4-6-22(20)17-30/h3-12,16H,13-15,17H2,1-2H3. The van der Waals surface area contributed by atoms with Crippen LogP contribution in [0.3, 0.4) is 0 Å². The molecular weight excluding hydrogens is 446 g/mol. The Morgan fingerprint density at radius 1 is 1.03 bits per heavy atom. The second kappa shape index (κ2) is 9.65. The van der Waals surface area contributed by atoms with Crippen molar-refractivity contribution < 1.29 is 14.3 Å². The quantitative estimate of drug-likeness (QED) is 0.375. The van der Waals surface area contributed by atoms with Gasteiger partial charge in [-0.15, -0.1) is 0 Å². The monoisotopic (exact) mass is 471 g/mol. The fourth-order valence-electron chi connectivity index (χ4n) is 4.07. The molecule has 0 unspecified atom stereocenters. The molecule has 3 aromatic carbocycles. The highest BCUT2D eigenvalue weighted by Crippen LogP contribution is 2.34. The smallest absolute Gasteiger partial charge is 0.298 e. The summed E-state index contributed by atoms with van der Waals surface area (Å²) in [6.45, 7) is 3.36. The van der Waals surface area contributed by atoms with E-state index in [2.05, 4.69) is 52.7 Å². The Balaban J connectivity index is 1.32. The molecule has 7 heteroatoms. The van der Waals surface area contributed by atoms with Crippen LogP contribution < -0.4 is 9.47 Å². The minimum absolute atomic E-state index is 0.0284. The number of rotatable bonds is 6. The molecule has 0 radical (unpaired) electrons. The van der Waals surface area contributed by atoms with Gasteiger partial charge in [0.2, 0.25) is 0 Å². The number of hydrogen-bond donors (Lipinski definition) is 0. The Bertz CT molecular complexity index is 1320. The SMILES string of the molecule is COc1ccc(C(=O)N2CCc3ccccc3C2)cc1Oc1nc(Cc2ccc(C)cc2)ns1. The molecule has 0 saturated heterocycles. The van der Waals surface area contributed by atoms with E-state index in [4.69, 9.17) is 9.47 Å². The van der Waals surface area contributed by atoms with Crippen molar-refractivity contribution in [2.24, 2.45) is 0 Å². The van der Waals surface area contributed by atoms with Gasteiger partial charge in [-0.25, -0.2) is 0 Å². The summed E-state index contributed by atoms with van der Waals surface area (Å²) in [7, 11) is 1.58. The molecule has 0 saturated carbocycles. The zero-order valence-corrected chi connectivity index (χ0v) is 20.0. The van der Waals surface area contributed by atoms with Gasteiger partial charge < -0.3 is 14.4 Å². The van der Waals surface area contributed by atoms with E-state index in [1.54, 1.807) is 25.3 Å². The van der Waals surface area contributed by atoms with Crippen LogP contribution in [0.25, 0.3) is 0 Å². The number of nitrogens with zero attached hydrogens (tertiary/aromatic N) is 3. The molecular formula is C27H25N3O3S. The lowest BCUT2D eigenvalue weighted by molar-refractivity contribution is 0.0734. The molecule has 0 atom stereocenters. The van der Waals surface area contributed by atoms with Gasteiger partial charge in [-0.2, -0.15) is 9.36 Å². The van der Waals surface area contributed by atoms with E-state index < -0.39 is 0 Å². The third kappa shape index (κ3) is 4.79. The number of ether oxygens (including phenoxy) is 2. The van der Waals surface area contributed by atoms with Gasteiger partial charge in [-0.1, -0.05) is 54.1 Å². The lowest BCUT2D eigenvalue weighted by Gasteiger charge is -2.29. The van der Waals surface area contributed by atoms with Gasteiger partial charge in [0.05, 0.1) is 7.11 Å². The first-order chi connectivity index (χ1) is 16.6. The number of aromatic nitrogens is 2. The highest BCUT2D eigenvalue weighted by molar-refractivity contribution is 7.07. The fraction of sp³-hybridized carbons (Fsp3) is 0.222. The predicted octanol–water partition coefficient (Wildman–Crippen LogP) is 5.44. The number of benzene rings is 3. The first kappa shape index (κ1) is 22.1. The molecule has 5 rings (SSSR count). The summed E-state index contributed by atoms with van der Waals surface area (Å²) in [6.07, 6.45) is 1.49. The average molecular weight is 472 g/mol. The molecule has 1 aromatic heterocycles. The van der Waals surface area contributed by atoms with E-state index >= 15 is 0 Å². The summed E-state index contributed by atoms with van der Waals surface area (Å²) in [4.78, 5) is 19.6. The Morgan fingerprint density at radius 3 is 2.62 bits per heavy atom. The van der Waals surface area contributed by atoms with E-state index in [-0.39, 0.29) is 5.91 Å². The van der Waals surface area contributed by atoms with Crippen molar-refractivity contribution in [2.45, 2.75) is 26.3 Å². The molecule has 0 fully saturated rings. The van der Waals surface area contributed by atoms with E-state index in [1.165, 1.54) is 28.2 Å². The van der Waals surface area contributed by atoms with Crippen LogP contribution in [0.4, 0.5) is 0 Å². The maximum Gasteiger partial charge on any atom is 0.298 e. The largest absolute Gasteiger partial charge is 0.493 e. The first-order valence-corrected chi connectivity index (χ1v) is 12.0. The molecule has 0 spiro atoms. The number of methoxy groups -OCH3 is 1. The molecule has 172 valence electrons. The highest BCUT2D eigenvalue weighted by atomic mass is 32.1. The number of aryl methyl sites for hydroxylation is 1. The summed E-state index contributed by atoms with van der Waals surface area (Å²) in [6, 6.07) is 21.8. The molecule has 0 N–H and O–H groups in total. The fourth-order valence-corrected chi connectivity index (χ4v) is 4.64. The highest BCUT2D eigenvalue weighted by Gasteiger charge is 2.23. The maximum absolute atomic E-state index is 13.2. The topological polar surface area (TPSA) is 64.5 Å². The summed E-state index contributed by atoms with van der Waals surface area (Å²) in [5.74, 6) is 1.65. The normalized spacial score (nSPS) is 12.8. The van der Waals surface area contributed by atoms with Gasteiger partial charge in [-0.3, -0.25) is 4.79 Å². The zero-order valence-electron chi connectivity index (χ0n) is 19.2. The molecule has 1 amide bonds. The van der Waals surface area contributed by atoms with Crippen molar-refractivity contribution in [3.8, 4) is 16.7 Å². The third-order valence-electron chi connectivity index (χ3n) is 5.96. The number of amides is 1. The molecule has 1 aliphatic rings. The van der Waals surface area contributed by atoms with Gasteiger partial charge in [0, 0.05) is 36.6 Å². The Labute approximate surface area is 203 Å². The number of carbonyl (C=O) groups excluding carboxylic acids is 1. The molecule has 1 aliphatic heterocycles. The van der Waals surface area contributed by atoms with E-state index in [0.717, 1.165) is 12.0 Å². The van der Waals surface area contributed by atoms with Crippen LogP contribution in [0.1, 0.15) is 38.4 Å². The van der Waals surface area contributed by atoms with Crippen LogP contribution in [0.2, 0.25) is 0 Å². The van der Waals surface area contributed by atoms with Crippen molar-refractivity contribution in [2.75, 3.05) is 13.7 Å². The minimum atomic E-state index is -0.0284. The van der Waals surface area contributed by atoms with Crippen molar-refractivity contribution >= 4 is 17.4 Å². The van der Waals surface area contributed by atoms with Gasteiger partial charge in [0.25, 0.3) is 11.1 Å². The molecule has 0 bridgehead atoms. The Hall–Kier alpha value is -3.71.